The van der Waals surface area contributed by atoms with Crippen LogP contribution in [0.2, 0.25) is 0 Å². The Bertz CT molecular complexity index is 399. The van der Waals surface area contributed by atoms with Gasteiger partial charge in [0.25, 0.3) is 0 Å². The Hall–Kier alpha value is -0.820. The van der Waals surface area contributed by atoms with Crippen LogP contribution in [0.4, 0.5) is 13.2 Å². The van der Waals surface area contributed by atoms with Gasteiger partial charge < -0.3 is 10.1 Å². The van der Waals surface area contributed by atoms with Crippen LogP contribution >= 0.6 is 15.9 Å². The van der Waals surface area contributed by atoms with E-state index in [4.69, 9.17) is 4.74 Å². The van der Waals surface area contributed by atoms with Gasteiger partial charge in [-0.2, -0.15) is 13.2 Å². The van der Waals surface area contributed by atoms with Gasteiger partial charge in [0.2, 0.25) is 5.88 Å². The molecule has 0 bridgehead atoms. The SMILES string of the molecule is CCNCc1cc(Br)cnc1OCCCC(F)(F)F. The molecule has 1 heterocycles. The molecule has 0 aliphatic carbocycles. The average molecular weight is 341 g/mol. The van der Waals surface area contributed by atoms with Crippen LogP contribution in [0.5, 0.6) is 5.88 Å². The minimum atomic E-state index is -4.14. The number of nitrogens with one attached hydrogen (secondary N) is 1. The molecule has 0 aliphatic heterocycles. The van der Waals surface area contributed by atoms with Crippen molar-refractivity contribution in [3.63, 3.8) is 0 Å². The van der Waals surface area contributed by atoms with Crippen LogP contribution in [0.3, 0.4) is 0 Å². The molecule has 1 aromatic heterocycles. The highest BCUT2D eigenvalue weighted by molar-refractivity contribution is 9.10. The highest BCUT2D eigenvalue weighted by atomic mass is 79.9. The summed E-state index contributed by atoms with van der Waals surface area (Å²) in [4.78, 5) is 4.07. The number of aromatic nitrogens is 1. The Morgan fingerprint density at radius 2 is 2.16 bits per heavy atom. The zero-order chi connectivity index (χ0) is 14.3. The smallest absolute Gasteiger partial charge is 0.389 e. The lowest BCUT2D eigenvalue weighted by Crippen LogP contribution is -2.14. The quantitative estimate of drug-likeness (QED) is 0.769. The van der Waals surface area contributed by atoms with Gasteiger partial charge in [-0.3, -0.25) is 0 Å². The fraction of sp³-hybridized carbons (Fsp3) is 0.583. The van der Waals surface area contributed by atoms with Crippen molar-refractivity contribution in [1.82, 2.24) is 10.3 Å². The molecule has 0 unspecified atom stereocenters. The van der Waals surface area contributed by atoms with Crippen molar-refractivity contribution in [2.45, 2.75) is 32.5 Å². The molecule has 0 saturated carbocycles. The van der Waals surface area contributed by atoms with Gasteiger partial charge in [0.05, 0.1) is 6.61 Å². The lowest BCUT2D eigenvalue weighted by molar-refractivity contribution is -0.136. The number of rotatable bonds is 7. The van der Waals surface area contributed by atoms with Crippen LogP contribution in [-0.4, -0.2) is 24.3 Å². The van der Waals surface area contributed by atoms with E-state index in [-0.39, 0.29) is 13.0 Å². The van der Waals surface area contributed by atoms with Crippen molar-refractivity contribution in [3.8, 4) is 5.88 Å². The second-order valence-corrected chi connectivity index (χ2v) is 4.88. The number of ether oxygens (including phenoxy) is 1. The van der Waals surface area contributed by atoms with E-state index >= 15 is 0 Å². The molecule has 19 heavy (non-hydrogen) atoms. The van der Waals surface area contributed by atoms with Gasteiger partial charge in [0.15, 0.2) is 0 Å². The lowest BCUT2D eigenvalue weighted by Gasteiger charge is -2.11. The molecule has 108 valence electrons. The zero-order valence-corrected chi connectivity index (χ0v) is 12.1. The molecule has 7 heteroatoms. The van der Waals surface area contributed by atoms with Crippen LogP contribution < -0.4 is 10.1 Å². The Kier molecular flexibility index (Phi) is 6.57. The normalized spacial score (nSPS) is 11.6. The first-order valence-corrected chi connectivity index (χ1v) is 6.76. The predicted molar refractivity (Wildman–Crippen MR) is 70.1 cm³/mol. The number of nitrogens with zero attached hydrogens (tertiary/aromatic N) is 1. The maximum Gasteiger partial charge on any atom is 0.389 e. The van der Waals surface area contributed by atoms with E-state index in [1.807, 2.05) is 13.0 Å². The second-order valence-electron chi connectivity index (χ2n) is 3.97. The van der Waals surface area contributed by atoms with E-state index in [1.165, 1.54) is 0 Å². The van der Waals surface area contributed by atoms with Crippen molar-refractivity contribution >= 4 is 15.9 Å². The molecule has 0 spiro atoms. The van der Waals surface area contributed by atoms with Crippen LogP contribution in [-0.2, 0) is 6.54 Å². The third kappa shape index (κ3) is 6.77. The first-order chi connectivity index (χ1) is 8.92. The first kappa shape index (κ1) is 16.2. The van der Waals surface area contributed by atoms with Gasteiger partial charge >= 0.3 is 6.18 Å². The summed E-state index contributed by atoms with van der Waals surface area (Å²) in [6.07, 6.45) is -3.48. The van der Waals surface area contributed by atoms with Crippen molar-refractivity contribution in [2.75, 3.05) is 13.2 Å². The summed E-state index contributed by atoms with van der Waals surface area (Å²) in [6.45, 7) is 3.33. The molecule has 0 saturated heterocycles. The van der Waals surface area contributed by atoms with E-state index in [0.717, 1.165) is 16.6 Å². The van der Waals surface area contributed by atoms with E-state index in [2.05, 4.69) is 26.2 Å². The summed E-state index contributed by atoms with van der Waals surface area (Å²) < 4.78 is 42.1. The van der Waals surface area contributed by atoms with Gasteiger partial charge in [-0.1, -0.05) is 6.92 Å². The second kappa shape index (κ2) is 7.69. The Balaban J connectivity index is 2.52. The van der Waals surface area contributed by atoms with E-state index in [1.54, 1.807) is 6.20 Å². The molecular formula is C12H16BrF3N2O. The molecule has 0 amide bonds. The summed E-state index contributed by atoms with van der Waals surface area (Å²) in [6, 6.07) is 1.84. The molecule has 1 rings (SSSR count). The van der Waals surface area contributed by atoms with Crippen LogP contribution in [0.15, 0.2) is 16.7 Å². The molecule has 0 radical (unpaired) electrons. The van der Waals surface area contributed by atoms with Crippen LogP contribution in [0.25, 0.3) is 0 Å². The van der Waals surface area contributed by atoms with Crippen molar-refractivity contribution < 1.29 is 17.9 Å². The summed E-state index contributed by atoms with van der Waals surface area (Å²) in [7, 11) is 0. The summed E-state index contributed by atoms with van der Waals surface area (Å²) in [5.74, 6) is 0.381. The lowest BCUT2D eigenvalue weighted by atomic mass is 10.2. The minimum absolute atomic E-state index is 0.00721. The minimum Gasteiger partial charge on any atom is -0.477 e. The number of hydrogen-bond acceptors (Lipinski definition) is 3. The van der Waals surface area contributed by atoms with Gasteiger partial charge in [-0.05, 0) is 35.0 Å². The standard InChI is InChI=1S/C12H16BrF3N2O/c1-2-17-7-9-6-10(13)8-18-11(9)19-5-3-4-12(14,15)16/h6,8,17H,2-5,7H2,1H3. The Labute approximate surface area is 118 Å². The average Bonchev–Trinajstić information content (AvgIpc) is 2.32. The van der Waals surface area contributed by atoms with Gasteiger partial charge in [-0.15, -0.1) is 0 Å². The number of pyridine rings is 1. The van der Waals surface area contributed by atoms with Crippen LogP contribution in [0.1, 0.15) is 25.3 Å². The molecule has 1 N–H and O–H groups in total. The number of halogens is 4. The third-order valence-electron chi connectivity index (χ3n) is 2.30. The summed E-state index contributed by atoms with van der Waals surface area (Å²) in [5, 5.41) is 3.13. The number of hydrogen-bond donors (Lipinski definition) is 1. The Morgan fingerprint density at radius 1 is 1.42 bits per heavy atom. The molecule has 0 aliphatic rings. The molecule has 0 aromatic carbocycles. The van der Waals surface area contributed by atoms with Gasteiger partial charge in [0, 0.05) is 29.2 Å². The van der Waals surface area contributed by atoms with E-state index < -0.39 is 12.6 Å². The zero-order valence-electron chi connectivity index (χ0n) is 10.6. The van der Waals surface area contributed by atoms with Gasteiger partial charge in [-0.25, -0.2) is 4.98 Å². The summed E-state index contributed by atoms with van der Waals surface area (Å²) >= 11 is 3.30. The maximum absolute atomic E-state index is 12.0. The van der Waals surface area contributed by atoms with E-state index in [9.17, 15) is 13.2 Å². The third-order valence-corrected chi connectivity index (χ3v) is 2.73. The Morgan fingerprint density at radius 3 is 2.79 bits per heavy atom. The fourth-order valence-electron chi connectivity index (χ4n) is 1.43. The van der Waals surface area contributed by atoms with Crippen molar-refractivity contribution in [1.29, 1.82) is 0 Å². The highest BCUT2D eigenvalue weighted by Crippen LogP contribution is 2.23. The maximum atomic E-state index is 12.0. The van der Waals surface area contributed by atoms with E-state index in [0.29, 0.717) is 12.4 Å². The fourth-order valence-corrected chi connectivity index (χ4v) is 1.81. The monoisotopic (exact) mass is 340 g/mol. The van der Waals surface area contributed by atoms with Crippen molar-refractivity contribution in [2.24, 2.45) is 0 Å². The summed E-state index contributed by atoms with van der Waals surface area (Å²) in [5.41, 5.74) is 0.822. The molecule has 0 atom stereocenters. The molecule has 1 aromatic rings. The van der Waals surface area contributed by atoms with Crippen LogP contribution in [0, 0.1) is 0 Å². The topological polar surface area (TPSA) is 34.2 Å². The first-order valence-electron chi connectivity index (χ1n) is 5.97. The van der Waals surface area contributed by atoms with Crippen molar-refractivity contribution in [3.05, 3.63) is 22.3 Å². The molecule has 3 nitrogen and oxygen atoms in total. The molecule has 0 fully saturated rings. The molecular weight excluding hydrogens is 325 g/mol. The highest BCUT2D eigenvalue weighted by Gasteiger charge is 2.26. The predicted octanol–water partition coefficient (Wildman–Crippen LogP) is 3.67. The largest absolute Gasteiger partial charge is 0.477 e. The number of alkyl halides is 3. The van der Waals surface area contributed by atoms with Gasteiger partial charge in [0.1, 0.15) is 0 Å².